The van der Waals surface area contributed by atoms with Gasteiger partial charge in [-0.3, -0.25) is 4.79 Å². The number of carboxylic acids is 1. The summed E-state index contributed by atoms with van der Waals surface area (Å²) < 4.78 is 45.5. The topological polar surface area (TPSA) is 84.1 Å². The fourth-order valence-corrected chi connectivity index (χ4v) is 3.13. The summed E-state index contributed by atoms with van der Waals surface area (Å²) in [5, 5.41) is 15.7. The van der Waals surface area contributed by atoms with E-state index in [9.17, 15) is 18.0 Å². The number of rotatable bonds is 10. The maximum Gasteiger partial charge on any atom is 0.417 e. The van der Waals surface area contributed by atoms with Crippen LogP contribution in [0.5, 0.6) is 0 Å². The highest BCUT2D eigenvalue weighted by atomic mass is 19.4. The van der Waals surface area contributed by atoms with Crippen molar-refractivity contribution in [1.82, 2.24) is 5.32 Å². The van der Waals surface area contributed by atoms with Crippen molar-refractivity contribution in [2.24, 2.45) is 5.16 Å². The fourth-order valence-electron chi connectivity index (χ4n) is 3.13. The van der Waals surface area contributed by atoms with Gasteiger partial charge in [-0.05, 0) is 41.3 Å². The van der Waals surface area contributed by atoms with Crippen LogP contribution in [0.2, 0.25) is 0 Å². The number of hydrogen-bond donors (Lipinski definition) is 2. The van der Waals surface area contributed by atoms with E-state index < -0.39 is 17.7 Å². The van der Waals surface area contributed by atoms with Gasteiger partial charge in [0.05, 0.1) is 30.2 Å². The van der Waals surface area contributed by atoms with Crippen LogP contribution in [0.4, 0.5) is 13.2 Å². The lowest BCUT2D eigenvalue weighted by molar-refractivity contribution is -0.138. The molecule has 0 amide bonds. The molecule has 9 heteroatoms. The molecule has 1 heterocycles. The van der Waals surface area contributed by atoms with Crippen molar-refractivity contribution in [3.8, 4) is 11.1 Å². The molecule has 0 bridgehead atoms. The Hall–Kier alpha value is -3.59. The third kappa shape index (κ3) is 6.95. The van der Waals surface area contributed by atoms with Gasteiger partial charge in [0.15, 0.2) is 0 Å². The van der Waals surface area contributed by atoms with Gasteiger partial charge in [0.1, 0.15) is 6.61 Å². The summed E-state index contributed by atoms with van der Waals surface area (Å²) in [4.78, 5) is 15.8. The van der Waals surface area contributed by atoms with E-state index in [-0.39, 0.29) is 18.6 Å². The van der Waals surface area contributed by atoms with E-state index in [1.165, 1.54) is 24.7 Å². The van der Waals surface area contributed by atoms with Crippen molar-refractivity contribution in [3.05, 3.63) is 83.3 Å². The van der Waals surface area contributed by atoms with Crippen LogP contribution >= 0.6 is 0 Å². The predicted octanol–water partition coefficient (Wildman–Crippen LogP) is 5.47. The minimum absolute atomic E-state index is 0.0391. The number of aliphatic carboxylic acids is 1. The largest absolute Gasteiger partial charge is 0.481 e. The highest BCUT2D eigenvalue weighted by molar-refractivity contribution is 5.98. The zero-order valence-electron chi connectivity index (χ0n) is 17.9. The number of furan rings is 1. The van der Waals surface area contributed by atoms with Gasteiger partial charge in [-0.15, -0.1) is 0 Å². The minimum atomic E-state index is -4.52. The summed E-state index contributed by atoms with van der Waals surface area (Å²) in [5.74, 6) is -0.854. The molecule has 1 aromatic heterocycles. The molecule has 3 rings (SSSR count). The molecule has 33 heavy (non-hydrogen) atoms. The summed E-state index contributed by atoms with van der Waals surface area (Å²) in [5.41, 5.74) is 2.32. The van der Waals surface area contributed by atoms with E-state index in [1.807, 2.05) is 24.3 Å². The van der Waals surface area contributed by atoms with Gasteiger partial charge in [-0.1, -0.05) is 41.6 Å². The molecule has 0 saturated carbocycles. The number of nitrogens with one attached hydrogen (secondary N) is 1. The first-order chi connectivity index (χ1) is 15.7. The van der Waals surface area contributed by atoms with E-state index in [1.54, 1.807) is 13.0 Å². The monoisotopic (exact) mass is 460 g/mol. The molecule has 174 valence electrons. The van der Waals surface area contributed by atoms with Crippen LogP contribution in [0.1, 0.15) is 35.6 Å². The lowest BCUT2D eigenvalue weighted by Crippen LogP contribution is -2.17. The van der Waals surface area contributed by atoms with Gasteiger partial charge in [0.2, 0.25) is 0 Å². The highest BCUT2D eigenvalue weighted by Crippen LogP contribution is 2.38. The van der Waals surface area contributed by atoms with E-state index in [2.05, 4.69) is 10.5 Å². The van der Waals surface area contributed by atoms with E-state index in [4.69, 9.17) is 14.4 Å². The van der Waals surface area contributed by atoms with Crippen LogP contribution in [0.3, 0.4) is 0 Å². The van der Waals surface area contributed by atoms with Crippen LogP contribution in [0, 0.1) is 0 Å². The Morgan fingerprint density at radius 3 is 2.48 bits per heavy atom. The molecule has 0 unspecified atom stereocenters. The molecule has 6 nitrogen and oxygen atoms in total. The molecule has 0 aliphatic heterocycles. The molecule has 3 aromatic rings. The number of benzene rings is 2. The number of carbonyl (C=O) groups is 1. The molecule has 0 aliphatic carbocycles. The number of carboxylic acid groups (broad SMARTS) is 1. The second-order valence-corrected chi connectivity index (χ2v) is 7.36. The maximum atomic E-state index is 13.5. The molecule has 2 aromatic carbocycles. The Morgan fingerprint density at radius 2 is 1.85 bits per heavy atom. The smallest absolute Gasteiger partial charge is 0.417 e. The Labute approximate surface area is 188 Å². The SMILES string of the molecule is CC(=NOCc1ccc(-c2ccoc2)c(C(F)(F)F)c1)c1ccc(CNCCC(=O)O)cc1. The fraction of sp³-hybridized carbons (Fsp3) is 0.250. The first kappa shape index (κ1) is 24.1. The molecule has 0 saturated heterocycles. The van der Waals surface area contributed by atoms with Crippen molar-refractivity contribution in [3.63, 3.8) is 0 Å². The summed E-state index contributed by atoms with van der Waals surface area (Å²) in [6.45, 7) is 2.54. The third-order valence-corrected chi connectivity index (χ3v) is 4.87. The third-order valence-electron chi connectivity index (χ3n) is 4.87. The van der Waals surface area contributed by atoms with E-state index in [0.717, 1.165) is 17.2 Å². The van der Waals surface area contributed by atoms with Crippen molar-refractivity contribution in [2.75, 3.05) is 6.54 Å². The number of alkyl halides is 3. The summed E-state index contributed by atoms with van der Waals surface area (Å²) >= 11 is 0. The first-order valence-electron chi connectivity index (χ1n) is 10.1. The van der Waals surface area contributed by atoms with Gasteiger partial charge < -0.3 is 19.7 Å². The number of oxime groups is 1. The van der Waals surface area contributed by atoms with Crippen LogP contribution < -0.4 is 5.32 Å². The average molecular weight is 460 g/mol. The lowest BCUT2D eigenvalue weighted by atomic mass is 9.99. The highest BCUT2D eigenvalue weighted by Gasteiger charge is 2.34. The van der Waals surface area contributed by atoms with Crippen molar-refractivity contribution in [1.29, 1.82) is 0 Å². The zero-order chi connectivity index (χ0) is 23.8. The Kier molecular flexibility index (Phi) is 7.89. The Morgan fingerprint density at radius 1 is 1.12 bits per heavy atom. The lowest BCUT2D eigenvalue weighted by Gasteiger charge is -2.13. The van der Waals surface area contributed by atoms with Gasteiger partial charge in [-0.25, -0.2) is 0 Å². The molecule has 0 aliphatic rings. The predicted molar refractivity (Wildman–Crippen MR) is 117 cm³/mol. The van der Waals surface area contributed by atoms with Gasteiger partial charge in [-0.2, -0.15) is 13.2 Å². The van der Waals surface area contributed by atoms with Crippen molar-refractivity contribution in [2.45, 2.75) is 32.7 Å². The summed E-state index contributed by atoms with van der Waals surface area (Å²) in [6.07, 6.45) is -1.87. The Balaban J connectivity index is 1.60. The zero-order valence-corrected chi connectivity index (χ0v) is 17.9. The van der Waals surface area contributed by atoms with Gasteiger partial charge >= 0.3 is 12.1 Å². The second kappa shape index (κ2) is 10.8. The van der Waals surface area contributed by atoms with Crippen molar-refractivity contribution >= 4 is 11.7 Å². The van der Waals surface area contributed by atoms with Crippen LogP contribution in [-0.2, 0) is 29.0 Å². The first-order valence-corrected chi connectivity index (χ1v) is 10.1. The summed E-state index contributed by atoms with van der Waals surface area (Å²) in [7, 11) is 0. The van der Waals surface area contributed by atoms with Gasteiger partial charge in [0, 0.05) is 18.7 Å². The van der Waals surface area contributed by atoms with E-state index in [0.29, 0.717) is 29.9 Å². The molecule has 2 N–H and O–H groups in total. The quantitative estimate of drug-likeness (QED) is 0.238. The van der Waals surface area contributed by atoms with Crippen LogP contribution in [0.15, 0.2) is 70.6 Å². The average Bonchev–Trinajstić information content (AvgIpc) is 3.31. The normalized spacial score (nSPS) is 12.1. The molecular weight excluding hydrogens is 437 g/mol. The van der Waals surface area contributed by atoms with Crippen LogP contribution in [-0.4, -0.2) is 23.3 Å². The number of halogens is 3. The summed E-state index contributed by atoms with van der Waals surface area (Å²) in [6, 6.07) is 12.9. The molecule has 0 radical (unpaired) electrons. The number of nitrogens with zero attached hydrogens (tertiary/aromatic N) is 1. The van der Waals surface area contributed by atoms with Crippen LogP contribution in [0.25, 0.3) is 11.1 Å². The molecular formula is C24H23F3N2O4. The molecule has 0 atom stereocenters. The van der Waals surface area contributed by atoms with Gasteiger partial charge in [0.25, 0.3) is 0 Å². The molecule has 0 fully saturated rings. The number of hydrogen-bond acceptors (Lipinski definition) is 5. The van der Waals surface area contributed by atoms with E-state index >= 15 is 0 Å². The standard InChI is InChI=1S/C24H23F3N2O4/c1-16(19-5-2-17(3-6-19)13-28-10-8-23(30)31)29-33-14-18-4-7-21(20-9-11-32-15-20)22(12-18)24(25,26)27/h2-7,9,11-12,15,28H,8,10,13-14H2,1H3,(H,30,31). The second-order valence-electron chi connectivity index (χ2n) is 7.36. The maximum absolute atomic E-state index is 13.5. The minimum Gasteiger partial charge on any atom is -0.481 e. The van der Waals surface area contributed by atoms with Crippen molar-refractivity contribution < 1.29 is 32.3 Å². The Bertz CT molecular complexity index is 1090. The molecule has 0 spiro atoms.